The molecule has 2 aromatic rings. The van der Waals surface area contributed by atoms with E-state index in [2.05, 4.69) is 39.1 Å². The summed E-state index contributed by atoms with van der Waals surface area (Å²) < 4.78 is 5.28. The minimum absolute atomic E-state index is 0.429. The number of hydrogen-bond acceptors (Lipinski definition) is 4. The van der Waals surface area contributed by atoms with Gasteiger partial charge in [-0.15, -0.1) is 21.5 Å². The van der Waals surface area contributed by atoms with Crippen molar-refractivity contribution >= 4 is 27.3 Å². The Morgan fingerprint density at radius 1 is 1.54 bits per heavy atom. The molecule has 0 atom stereocenters. The molecule has 0 N–H and O–H groups in total. The Morgan fingerprint density at radius 3 is 3.00 bits per heavy atom. The zero-order chi connectivity index (χ0) is 9.26. The smallest absolute Gasteiger partial charge is 0.285 e. The Labute approximate surface area is 87.9 Å². The van der Waals surface area contributed by atoms with Gasteiger partial charge in [0.25, 0.3) is 10.7 Å². The summed E-state index contributed by atoms with van der Waals surface area (Å²) in [5.74, 6) is 0.596. The van der Waals surface area contributed by atoms with Crippen LogP contribution in [0.25, 0.3) is 10.8 Å². The van der Waals surface area contributed by atoms with Crippen LogP contribution < -0.4 is 0 Å². The highest BCUT2D eigenvalue weighted by Gasteiger charge is 2.11. The first kappa shape index (κ1) is 8.90. The summed E-state index contributed by atoms with van der Waals surface area (Å²) in [6, 6.07) is 2.08. The minimum Gasteiger partial charge on any atom is -0.410 e. The zero-order valence-corrected chi connectivity index (χ0v) is 9.35. The highest BCUT2D eigenvalue weighted by Crippen LogP contribution is 2.29. The highest BCUT2D eigenvalue weighted by atomic mass is 79.9. The molecule has 0 aromatic carbocycles. The third kappa shape index (κ3) is 1.66. The van der Waals surface area contributed by atoms with E-state index in [-0.39, 0.29) is 0 Å². The van der Waals surface area contributed by atoms with Gasteiger partial charge in [0, 0.05) is 15.9 Å². The van der Waals surface area contributed by atoms with Crippen molar-refractivity contribution in [2.75, 3.05) is 0 Å². The van der Waals surface area contributed by atoms with Gasteiger partial charge in [-0.1, -0.05) is 6.92 Å². The first-order valence-corrected chi connectivity index (χ1v) is 5.54. The quantitative estimate of drug-likeness (QED) is 0.831. The number of thiophene rings is 1. The lowest BCUT2D eigenvalue weighted by Gasteiger charge is -1.92. The van der Waals surface area contributed by atoms with Gasteiger partial charge < -0.3 is 4.42 Å². The molecule has 3 nitrogen and oxygen atoms in total. The maximum absolute atomic E-state index is 5.28. The van der Waals surface area contributed by atoms with Gasteiger partial charge in [-0.3, -0.25) is 0 Å². The Kier molecular flexibility index (Phi) is 2.46. The normalized spacial score (nSPS) is 10.6. The van der Waals surface area contributed by atoms with Crippen LogP contribution in [0, 0.1) is 0 Å². The van der Waals surface area contributed by atoms with E-state index in [0.717, 1.165) is 11.3 Å². The van der Waals surface area contributed by atoms with E-state index in [1.807, 2.05) is 5.38 Å². The van der Waals surface area contributed by atoms with Crippen LogP contribution >= 0.6 is 27.3 Å². The monoisotopic (exact) mass is 258 g/mol. The molecule has 0 saturated heterocycles. The van der Waals surface area contributed by atoms with Gasteiger partial charge in [0.05, 0.1) is 4.88 Å². The number of aromatic nitrogens is 2. The molecule has 0 fully saturated rings. The third-order valence-electron chi connectivity index (χ3n) is 1.72. The zero-order valence-electron chi connectivity index (χ0n) is 6.95. The third-order valence-corrected chi connectivity index (χ3v) is 2.99. The lowest BCUT2D eigenvalue weighted by atomic mass is 10.2. The van der Waals surface area contributed by atoms with Crippen LogP contribution in [0.3, 0.4) is 0 Å². The van der Waals surface area contributed by atoms with Gasteiger partial charge in [-0.05, 0) is 23.4 Å². The van der Waals surface area contributed by atoms with Crippen molar-refractivity contribution in [2.45, 2.75) is 13.3 Å². The molecule has 68 valence electrons. The lowest BCUT2D eigenvalue weighted by Crippen LogP contribution is -1.80. The van der Waals surface area contributed by atoms with Crippen molar-refractivity contribution in [1.29, 1.82) is 0 Å². The van der Waals surface area contributed by atoms with Crippen LogP contribution in [-0.2, 0) is 6.42 Å². The van der Waals surface area contributed by atoms with Gasteiger partial charge in [0.2, 0.25) is 0 Å². The van der Waals surface area contributed by atoms with Crippen molar-refractivity contribution in [3.05, 3.63) is 21.8 Å². The second-order valence-corrected chi connectivity index (χ2v) is 4.08. The second-order valence-electron chi connectivity index (χ2n) is 2.49. The van der Waals surface area contributed by atoms with Crippen molar-refractivity contribution in [3.63, 3.8) is 0 Å². The minimum atomic E-state index is 0.429. The molecule has 13 heavy (non-hydrogen) atoms. The van der Waals surface area contributed by atoms with Crippen LogP contribution in [0.15, 0.2) is 20.7 Å². The Hall–Kier alpha value is -0.680. The molecule has 0 saturated carbocycles. The number of halogens is 1. The molecule has 0 amide bonds. The Bertz CT molecular complexity index is 410. The Balaban J connectivity index is 2.45. The van der Waals surface area contributed by atoms with E-state index in [1.165, 1.54) is 5.56 Å². The maximum Gasteiger partial charge on any atom is 0.285 e. The van der Waals surface area contributed by atoms with Crippen LogP contribution in [0.2, 0.25) is 0 Å². The first-order valence-electron chi connectivity index (χ1n) is 3.87. The van der Waals surface area contributed by atoms with E-state index in [9.17, 15) is 0 Å². The standard InChI is InChI=1S/C8H7BrN2OS/c1-2-5-3-4-13-6(5)7-10-11-8(9)12-7/h3-4H,2H2,1H3. The van der Waals surface area contributed by atoms with E-state index >= 15 is 0 Å². The maximum atomic E-state index is 5.28. The lowest BCUT2D eigenvalue weighted by molar-refractivity contribution is 0.541. The van der Waals surface area contributed by atoms with Crippen LogP contribution in [0.5, 0.6) is 0 Å². The molecular weight excluding hydrogens is 252 g/mol. The fourth-order valence-electron chi connectivity index (χ4n) is 1.10. The summed E-state index contributed by atoms with van der Waals surface area (Å²) in [5.41, 5.74) is 1.25. The Morgan fingerprint density at radius 2 is 2.38 bits per heavy atom. The molecule has 2 aromatic heterocycles. The number of rotatable bonds is 2. The number of nitrogens with zero attached hydrogens (tertiary/aromatic N) is 2. The summed E-state index contributed by atoms with van der Waals surface area (Å²) in [7, 11) is 0. The van der Waals surface area contributed by atoms with Gasteiger partial charge in [0.15, 0.2) is 0 Å². The van der Waals surface area contributed by atoms with Gasteiger partial charge >= 0.3 is 0 Å². The topological polar surface area (TPSA) is 38.9 Å². The molecule has 0 aliphatic rings. The predicted octanol–water partition coefficient (Wildman–Crippen LogP) is 3.12. The summed E-state index contributed by atoms with van der Waals surface area (Å²) in [5, 5.41) is 9.70. The number of aryl methyl sites for hydroxylation is 1. The average Bonchev–Trinajstić information content (AvgIpc) is 2.71. The van der Waals surface area contributed by atoms with E-state index in [1.54, 1.807) is 11.3 Å². The van der Waals surface area contributed by atoms with Crippen molar-refractivity contribution in [1.82, 2.24) is 10.2 Å². The van der Waals surface area contributed by atoms with E-state index in [0.29, 0.717) is 10.7 Å². The highest BCUT2D eigenvalue weighted by molar-refractivity contribution is 9.10. The molecular formula is C8H7BrN2OS. The second kappa shape index (κ2) is 3.59. The average molecular weight is 259 g/mol. The van der Waals surface area contributed by atoms with Crippen molar-refractivity contribution in [2.24, 2.45) is 0 Å². The van der Waals surface area contributed by atoms with Crippen molar-refractivity contribution < 1.29 is 4.42 Å². The van der Waals surface area contributed by atoms with Crippen LogP contribution in [-0.4, -0.2) is 10.2 Å². The molecule has 0 bridgehead atoms. The molecule has 0 aliphatic heterocycles. The molecule has 2 rings (SSSR count). The van der Waals surface area contributed by atoms with Gasteiger partial charge in [-0.25, -0.2) is 0 Å². The van der Waals surface area contributed by atoms with Gasteiger partial charge in [0.1, 0.15) is 0 Å². The van der Waals surface area contributed by atoms with Crippen molar-refractivity contribution in [3.8, 4) is 10.8 Å². The van der Waals surface area contributed by atoms with Crippen LogP contribution in [0.1, 0.15) is 12.5 Å². The van der Waals surface area contributed by atoms with Gasteiger partial charge in [-0.2, -0.15) is 0 Å². The van der Waals surface area contributed by atoms with E-state index < -0.39 is 0 Å². The summed E-state index contributed by atoms with van der Waals surface area (Å²) in [4.78, 5) is 1.50. The molecule has 5 heteroatoms. The SMILES string of the molecule is CCc1ccsc1-c1nnc(Br)o1. The van der Waals surface area contributed by atoms with Crippen LogP contribution in [0.4, 0.5) is 0 Å². The first-order chi connectivity index (χ1) is 6.31. The van der Waals surface area contributed by atoms with E-state index in [4.69, 9.17) is 4.42 Å². The summed E-state index contributed by atoms with van der Waals surface area (Å²) in [6.45, 7) is 2.11. The molecule has 0 aliphatic carbocycles. The largest absolute Gasteiger partial charge is 0.410 e. The molecule has 0 unspecified atom stereocenters. The number of hydrogen-bond donors (Lipinski definition) is 0. The predicted molar refractivity (Wildman–Crippen MR) is 54.7 cm³/mol. The summed E-state index contributed by atoms with van der Waals surface area (Å²) >= 11 is 4.75. The fraction of sp³-hybridized carbons (Fsp3) is 0.250. The fourth-order valence-corrected chi connectivity index (χ4v) is 2.25. The molecule has 0 radical (unpaired) electrons. The molecule has 0 spiro atoms. The molecule has 2 heterocycles. The summed E-state index contributed by atoms with van der Waals surface area (Å²) in [6.07, 6.45) is 0.985.